The Balaban J connectivity index is 1.57. The zero-order chi connectivity index (χ0) is 17.6. The Morgan fingerprint density at radius 1 is 0.920 bits per heavy atom. The topological polar surface area (TPSA) is 54.0 Å². The predicted octanol–water partition coefficient (Wildman–Crippen LogP) is 3.06. The molecule has 2 amide bonds. The van der Waals surface area contributed by atoms with Crippen molar-refractivity contribution in [1.29, 1.82) is 0 Å². The van der Waals surface area contributed by atoms with Crippen LogP contribution in [0.1, 0.15) is 0 Å². The van der Waals surface area contributed by atoms with E-state index in [0.29, 0.717) is 13.1 Å². The molecule has 1 aliphatic rings. The van der Waals surface area contributed by atoms with Gasteiger partial charge >= 0.3 is 6.03 Å². The van der Waals surface area contributed by atoms with Crippen LogP contribution in [-0.2, 0) is 0 Å². The highest BCUT2D eigenvalue weighted by atomic mass is 16.5. The number of urea groups is 1. The maximum Gasteiger partial charge on any atom is 0.321 e. The average Bonchev–Trinajstić information content (AvgIpc) is 2.68. The molecule has 0 aromatic heterocycles. The van der Waals surface area contributed by atoms with E-state index in [1.165, 1.54) is 0 Å². The van der Waals surface area contributed by atoms with E-state index in [1.807, 2.05) is 53.4 Å². The highest BCUT2D eigenvalue weighted by molar-refractivity contribution is 5.89. The van der Waals surface area contributed by atoms with Crippen LogP contribution in [-0.4, -0.2) is 51.3 Å². The first-order valence-electron chi connectivity index (χ1n) is 8.29. The van der Waals surface area contributed by atoms with E-state index >= 15 is 0 Å². The molecule has 0 spiro atoms. The molecule has 1 saturated heterocycles. The molecule has 0 atom stereocenters. The molecule has 25 heavy (non-hydrogen) atoms. The number of anilines is 2. The molecular weight excluding hydrogens is 318 g/mol. The first-order chi connectivity index (χ1) is 12.2. The van der Waals surface area contributed by atoms with Gasteiger partial charge in [0, 0.05) is 31.9 Å². The Labute approximate surface area is 147 Å². The summed E-state index contributed by atoms with van der Waals surface area (Å²) in [7, 11) is 3.30. The number of nitrogens with zero attached hydrogens (tertiary/aromatic N) is 2. The fourth-order valence-electron chi connectivity index (χ4n) is 2.92. The number of methoxy groups -OCH3 is 2. The molecule has 1 aliphatic heterocycles. The lowest BCUT2D eigenvalue weighted by atomic mass is 10.2. The summed E-state index contributed by atoms with van der Waals surface area (Å²) in [6, 6.07) is 15.2. The van der Waals surface area contributed by atoms with Crippen LogP contribution in [0.15, 0.2) is 48.5 Å². The van der Waals surface area contributed by atoms with Crippen molar-refractivity contribution >= 4 is 17.4 Å². The van der Waals surface area contributed by atoms with Crippen molar-refractivity contribution in [3.63, 3.8) is 0 Å². The largest absolute Gasteiger partial charge is 0.497 e. The summed E-state index contributed by atoms with van der Waals surface area (Å²) < 4.78 is 10.6. The molecule has 1 heterocycles. The van der Waals surface area contributed by atoms with Crippen LogP contribution in [0, 0.1) is 0 Å². The van der Waals surface area contributed by atoms with Gasteiger partial charge in [0.15, 0.2) is 0 Å². The van der Waals surface area contributed by atoms with E-state index < -0.39 is 0 Å². The molecule has 0 aliphatic carbocycles. The maximum absolute atomic E-state index is 12.4. The van der Waals surface area contributed by atoms with Gasteiger partial charge < -0.3 is 24.6 Å². The SMILES string of the molecule is COc1ccc(NC(=O)N2CCN(c3ccccc3OC)CC2)cc1. The van der Waals surface area contributed by atoms with Crippen molar-refractivity contribution in [1.82, 2.24) is 4.90 Å². The molecule has 6 heteroatoms. The van der Waals surface area contributed by atoms with Crippen molar-refractivity contribution in [2.45, 2.75) is 0 Å². The van der Waals surface area contributed by atoms with E-state index in [4.69, 9.17) is 9.47 Å². The maximum atomic E-state index is 12.4. The smallest absolute Gasteiger partial charge is 0.321 e. The zero-order valence-electron chi connectivity index (χ0n) is 14.6. The van der Waals surface area contributed by atoms with Crippen molar-refractivity contribution in [2.75, 3.05) is 50.6 Å². The molecule has 0 radical (unpaired) electrons. The van der Waals surface area contributed by atoms with Crippen LogP contribution in [0.25, 0.3) is 0 Å². The van der Waals surface area contributed by atoms with E-state index in [0.717, 1.165) is 36.0 Å². The summed E-state index contributed by atoms with van der Waals surface area (Å²) in [5, 5.41) is 2.93. The highest BCUT2D eigenvalue weighted by Crippen LogP contribution is 2.28. The summed E-state index contributed by atoms with van der Waals surface area (Å²) in [6.45, 7) is 2.88. The molecule has 2 aromatic carbocycles. The number of carbonyl (C=O) groups is 1. The number of amides is 2. The molecule has 2 aromatic rings. The Kier molecular flexibility index (Phi) is 5.28. The number of hydrogen-bond acceptors (Lipinski definition) is 4. The molecule has 0 bridgehead atoms. The summed E-state index contributed by atoms with van der Waals surface area (Å²) in [6.07, 6.45) is 0. The Morgan fingerprint density at radius 3 is 2.24 bits per heavy atom. The lowest BCUT2D eigenvalue weighted by Gasteiger charge is -2.36. The van der Waals surface area contributed by atoms with Gasteiger partial charge in [0.2, 0.25) is 0 Å². The molecular formula is C19H23N3O3. The number of nitrogens with one attached hydrogen (secondary N) is 1. The quantitative estimate of drug-likeness (QED) is 0.929. The van der Waals surface area contributed by atoms with Crippen LogP contribution in [0.2, 0.25) is 0 Å². The third-order valence-corrected chi connectivity index (χ3v) is 4.33. The Morgan fingerprint density at radius 2 is 1.60 bits per heavy atom. The fraction of sp³-hybridized carbons (Fsp3) is 0.316. The minimum Gasteiger partial charge on any atom is -0.497 e. The van der Waals surface area contributed by atoms with Gasteiger partial charge in [-0.3, -0.25) is 0 Å². The van der Waals surface area contributed by atoms with Gasteiger partial charge in [0.25, 0.3) is 0 Å². The van der Waals surface area contributed by atoms with Gasteiger partial charge in [-0.1, -0.05) is 12.1 Å². The van der Waals surface area contributed by atoms with Crippen LogP contribution in [0.5, 0.6) is 11.5 Å². The van der Waals surface area contributed by atoms with E-state index in [-0.39, 0.29) is 6.03 Å². The summed E-state index contributed by atoms with van der Waals surface area (Å²) in [4.78, 5) is 16.5. The monoisotopic (exact) mass is 341 g/mol. The lowest BCUT2D eigenvalue weighted by Crippen LogP contribution is -2.50. The van der Waals surface area contributed by atoms with Crippen LogP contribution in [0.4, 0.5) is 16.2 Å². The molecule has 6 nitrogen and oxygen atoms in total. The van der Waals surface area contributed by atoms with E-state index in [1.54, 1.807) is 14.2 Å². The molecule has 1 N–H and O–H groups in total. The molecule has 3 rings (SSSR count). The normalized spacial score (nSPS) is 14.2. The molecule has 132 valence electrons. The van der Waals surface area contributed by atoms with Gasteiger partial charge in [-0.15, -0.1) is 0 Å². The summed E-state index contributed by atoms with van der Waals surface area (Å²) in [5.74, 6) is 1.63. The van der Waals surface area contributed by atoms with Crippen LogP contribution < -0.4 is 19.7 Å². The van der Waals surface area contributed by atoms with E-state index in [2.05, 4.69) is 10.2 Å². The number of piperazine rings is 1. The molecule has 0 unspecified atom stereocenters. The summed E-state index contributed by atoms with van der Waals surface area (Å²) >= 11 is 0. The van der Waals surface area contributed by atoms with Crippen molar-refractivity contribution in [3.8, 4) is 11.5 Å². The second-order valence-electron chi connectivity index (χ2n) is 5.80. The Bertz CT molecular complexity index is 710. The van der Waals surface area contributed by atoms with Crippen molar-refractivity contribution < 1.29 is 14.3 Å². The lowest BCUT2D eigenvalue weighted by molar-refractivity contribution is 0.208. The van der Waals surface area contributed by atoms with Gasteiger partial charge in [0.1, 0.15) is 11.5 Å². The second-order valence-corrected chi connectivity index (χ2v) is 5.80. The Hall–Kier alpha value is -2.89. The number of benzene rings is 2. The number of para-hydroxylation sites is 2. The second kappa shape index (κ2) is 7.79. The standard InChI is InChI=1S/C19H23N3O3/c1-24-16-9-7-15(8-10-16)20-19(23)22-13-11-21(12-14-22)17-5-3-4-6-18(17)25-2/h3-10H,11-14H2,1-2H3,(H,20,23). The van der Waals surface area contributed by atoms with Gasteiger partial charge in [-0.25, -0.2) is 4.79 Å². The van der Waals surface area contributed by atoms with Gasteiger partial charge in [0.05, 0.1) is 19.9 Å². The minimum absolute atomic E-state index is 0.0788. The number of ether oxygens (including phenoxy) is 2. The predicted molar refractivity (Wildman–Crippen MR) is 98.8 cm³/mol. The minimum atomic E-state index is -0.0788. The van der Waals surface area contributed by atoms with Crippen LogP contribution in [0.3, 0.4) is 0 Å². The third kappa shape index (κ3) is 3.96. The third-order valence-electron chi connectivity index (χ3n) is 4.33. The zero-order valence-corrected chi connectivity index (χ0v) is 14.6. The molecule has 0 saturated carbocycles. The van der Waals surface area contributed by atoms with Gasteiger partial charge in [-0.2, -0.15) is 0 Å². The van der Waals surface area contributed by atoms with E-state index in [9.17, 15) is 4.79 Å². The number of rotatable bonds is 4. The average molecular weight is 341 g/mol. The van der Waals surface area contributed by atoms with Crippen LogP contribution >= 0.6 is 0 Å². The first-order valence-corrected chi connectivity index (χ1v) is 8.29. The van der Waals surface area contributed by atoms with Crippen molar-refractivity contribution in [3.05, 3.63) is 48.5 Å². The number of hydrogen-bond donors (Lipinski definition) is 1. The summed E-state index contributed by atoms with van der Waals surface area (Å²) in [5.41, 5.74) is 1.83. The first kappa shape index (κ1) is 17.0. The number of carbonyl (C=O) groups excluding carboxylic acids is 1. The molecule has 1 fully saturated rings. The highest BCUT2D eigenvalue weighted by Gasteiger charge is 2.22. The fourth-order valence-corrected chi connectivity index (χ4v) is 2.92. The van der Waals surface area contributed by atoms with Crippen molar-refractivity contribution in [2.24, 2.45) is 0 Å². The van der Waals surface area contributed by atoms with Gasteiger partial charge in [-0.05, 0) is 36.4 Å².